The van der Waals surface area contributed by atoms with Gasteiger partial charge in [0.2, 0.25) is 5.36 Å². The van der Waals surface area contributed by atoms with E-state index in [9.17, 15) is 0 Å². The molecular formula is C22H30IN3S. The lowest BCUT2D eigenvalue weighted by molar-refractivity contribution is -0.00000573. The summed E-state index contributed by atoms with van der Waals surface area (Å²) < 4.78 is 3.63. The smallest absolute Gasteiger partial charge is 0.201 e. The Hall–Kier alpha value is -1.21. The van der Waals surface area contributed by atoms with E-state index in [1.165, 1.54) is 20.6 Å². The summed E-state index contributed by atoms with van der Waals surface area (Å²) in [6.45, 7) is 15.5. The fraction of sp³-hybridized carbons (Fsp3) is 0.455. The molecule has 3 rings (SSSR count). The van der Waals surface area contributed by atoms with Crippen molar-refractivity contribution in [3.63, 3.8) is 0 Å². The van der Waals surface area contributed by atoms with Gasteiger partial charge in [-0.1, -0.05) is 0 Å². The zero-order chi connectivity index (χ0) is 18.8. The summed E-state index contributed by atoms with van der Waals surface area (Å²) in [5.41, 5.74) is 3.44. The maximum Gasteiger partial charge on any atom is 0.201 e. The second-order valence-electron chi connectivity index (χ2n) is 7.28. The van der Waals surface area contributed by atoms with Gasteiger partial charge in [0, 0.05) is 29.9 Å². The summed E-state index contributed by atoms with van der Waals surface area (Å²) in [5, 5.41) is 1.28. The second kappa shape index (κ2) is 9.32. The van der Waals surface area contributed by atoms with Gasteiger partial charge in [0.05, 0.1) is 20.8 Å². The van der Waals surface area contributed by atoms with Crippen molar-refractivity contribution in [1.29, 1.82) is 0 Å². The van der Waals surface area contributed by atoms with Crippen LogP contribution in [-0.2, 0) is 0 Å². The lowest BCUT2D eigenvalue weighted by Gasteiger charge is -2.33. The Morgan fingerprint density at radius 1 is 0.963 bits per heavy atom. The Bertz CT molecular complexity index is 932. The van der Waals surface area contributed by atoms with E-state index >= 15 is 0 Å². The first-order chi connectivity index (χ1) is 12.4. The maximum absolute atomic E-state index is 4.89. The van der Waals surface area contributed by atoms with E-state index in [-0.39, 0.29) is 24.0 Å². The van der Waals surface area contributed by atoms with Crippen molar-refractivity contribution in [1.82, 2.24) is 9.56 Å². The van der Waals surface area contributed by atoms with E-state index in [4.69, 9.17) is 4.98 Å². The molecule has 0 saturated heterocycles. The van der Waals surface area contributed by atoms with Crippen LogP contribution in [0.5, 0.6) is 0 Å². The van der Waals surface area contributed by atoms with Gasteiger partial charge in [0.15, 0.2) is 0 Å². The van der Waals surface area contributed by atoms with Crippen LogP contribution in [0.3, 0.4) is 0 Å². The fourth-order valence-corrected chi connectivity index (χ4v) is 4.77. The lowest BCUT2D eigenvalue weighted by atomic mass is 10.1. The van der Waals surface area contributed by atoms with E-state index in [1.54, 1.807) is 0 Å². The first-order valence-electron chi connectivity index (χ1n) is 9.65. The average Bonchev–Trinajstić information content (AvgIpc) is 2.60. The molecule has 27 heavy (non-hydrogen) atoms. The Kier molecular flexibility index (Phi) is 7.63. The summed E-state index contributed by atoms with van der Waals surface area (Å²) in [6, 6.07) is 14.2. The number of rotatable bonds is 5. The lowest BCUT2D eigenvalue weighted by Crippen LogP contribution is -3.00. The third kappa shape index (κ3) is 4.62. The highest BCUT2D eigenvalue weighted by molar-refractivity contribution is 7.21. The number of nitrogens with zero attached hydrogens (tertiary/aromatic N) is 3. The van der Waals surface area contributed by atoms with Crippen molar-refractivity contribution >= 4 is 27.2 Å². The minimum absolute atomic E-state index is 0. The molecule has 0 amide bonds. The van der Waals surface area contributed by atoms with Gasteiger partial charge >= 0.3 is 0 Å². The van der Waals surface area contributed by atoms with E-state index in [1.807, 2.05) is 11.3 Å². The van der Waals surface area contributed by atoms with Gasteiger partial charge < -0.3 is 28.9 Å². The van der Waals surface area contributed by atoms with Crippen LogP contribution in [0.4, 0.5) is 5.69 Å². The zero-order valence-electron chi connectivity index (χ0n) is 17.2. The van der Waals surface area contributed by atoms with Gasteiger partial charge in [0.25, 0.3) is 0 Å². The summed E-state index contributed by atoms with van der Waals surface area (Å²) in [7, 11) is 0. The molecular weight excluding hydrogens is 465 g/mol. The van der Waals surface area contributed by atoms with E-state index in [2.05, 4.69) is 87.4 Å². The van der Waals surface area contributed by atoms with Gasteiger partial charge in [0.1, 0.15) is 13.1 Å². The average molecular weight is 495 g/mol. The molecule has 2 aliphatic rings. The maximum atomic E-state index is 4.89. The van der Waals surface area contributed by atoms with Gasteiger partial charge in [-0.3, -0.25) is 0 Å². The van der Waals surface area contributed by atoms with Crippen LogP contribution in [-0.4, -0.2) is 30.2 Å². The standard InChI is InChI=1S/C22H30N3S.HI/c1-7-24(8-2)17-9-11-19-21(13-17)26-22-14-18(10-12-20(22)23-19)25(15(3)4)16(5)6;/h9-16H,7-8H2,1-6H3;1H/q+1;/p-1. The fourth-order valence-electron chi connectivity index (χ4n) is 3.74. The Labute approximate surface area is 184 Å². The number of fused-ring (bicyclic) bond motifs is 2. The van der Waals surface area contributed by atoms with Gasteiger partial charge in [-0.15, -0.1) is 11.3 Å². The quantitative estimate of drug-likeness (QED) is 0.306. The summed E-state index contributed by atoms with van der Waals surface area (Å²) in [4.78, 5) is 8.60. The molecule has 5 heteroatoms. The largest absolute Gasteiger partial charge is 1.00 e. The molecule has 0 spiro atoms. The highest BCUT2D eigenvalue weighted by Gasteiger charge is 2.16. The minimum atomic E-state index is 0. The number of hydrogen-bond donors (Lipinski definition) is 0. The van der Waals surface area contributed by atoms with Gasteiger partial charge in [-0.05, 0) is 65.8 Å². The van der Waals surface area contributed by atoms with Crippen molar-refractivity contribution < 1.29 is 24.0 Å². The molecule has 0 atom stereocenters. The number of aromatic nitrogens is 1. The third-order valence-electron chi connectivity index (χ3n) is 4.89. The number of hydrogen-bond acceptors (Lipinski definition) is 3. The molecule has 1 aromatic carbocycles. The molecule has 0 radical (unpaired) electrons. The highest BCUT2D eigenvalue weighted by Crippen LogP contribution is 2.32. The molecule has 1 aromatic rings. The predicted octanol–water partition coefficient (Wildman–Crippen LogP) is 1.84. The Morgan fingerprint density at radius 2 is 1.63 bits per heavy atom. The monoisotopic (exact) mass is 495 g/mol. The molecule has 0 N–H and O–H groups in total. The third-order valence-corrected chi connectivity index (χ3v) is 5.98. The van der Waals surface area contributed by atoms with Crippen LogP contribution in [0.15, 0.2) is 36.4 Å². The van der Waals surface area contributed by atoms with Crippen molar-refractivity contribution in [2.45, 2.75) is 53.6 Å². The highest BCUT2D eigenvalue weighted by atomic mass is 127. The molecule has 0 aromatic heterocycles. The second-order valence-corrected chi connectivity index (χ2v) is 8.37. The first-order valence-corrected chi connectivity index (χ1v) is 10.5. The predicted molar refractivity (Wildman–Crippen MR) is 115 cm³/mol. The summed E-state index contributed by atoms with van der Waals surface area (Å²) in [6.07, 6.45) is 0. The van der Waals surface area contributed by atoms with Crippen LogP contribution in [0, 0.1) is 0 Å². The normalized spacial score (nSPS) is 11.3. The van der Waals surface area contributed by atoms with Crippen molar-refractivity contribution in [2.24, 2.45) is 0 Å². The number of benzene rings is 2. The van der Waals surface area contributed by atoms with Crippen molar-refractivity contribution in [3.8, 4) is 10.6 Å². The minimum Gasteiger partial charge on any atom is -1.00 e. The Balaban J connectivity index is 0.00000261. The van der Waals surface area contributed by atoms with Crippen LogP contribution >= 0.6 is 11.3 Å². The molecule has 0 saturated carbocycles. The van der Waals surface area contributed by atoms with Crippen LogP contribution in [0.2, 0.25) is 0 Å². The topological polar surface area (TPSA) is 19.1 Å². The number of halogens is 1. The van der Waals surface area contributed by atoms with Gasteiger partial charge in [-0.25, -0.2) is 9.56 Å². The Morgan fingerprint density at radius 3 is 2.22 bits per heavy atom. The molecule has 1 heterocycles. The number of anilines is 1. The zero-order valence-corrected chi connectivity index (χ0v) is 20.1. The first kappa shape index (κ1) is 22.1. The molecule has 0 bridgehead atoms. The molecule has 0 unspecified atom stereocenters. The molecule has 0 fully saturated rings. The summed E-state index contributed by atoms with van der Waals surface area (Å²) >= 11 is 1.84. The molecule has 1 aliphatic carbocycles. The molecule has 1 aliphatic heterocycles. The van der Waals surface area contributed by atoms with Gasteiger partial charge in [-0.2, -0.15) is 0 Å². The van der Waals surface area contributed by atoms with E-state index in [0.29, 0.717) is 12.1 Å². The molecule has 3 nitrogen and oxygen atoms in total. The van der Waals surface area contributed by atoms with E-state index < -0.39 is 0 Å². The van der Waals surface area contributed by atoms with Crippen LogP contribution < -0.4 is 38.8 Å². The van der Waals surface area contributed by atoms with E-state index in [0.717, 1.165) is 24.3 Å². The molecule has 146 valence electrons. The SMILES string of the molecule is CC[N+](CC)=c1ccc2nc3ccc(N(C(C)C)C(C)C)cc3sc-2c1.[I-]. The van der Waals surface area contributed by atoms with Crippen LogP contribution in [0.1, 0.15) is 41.5 Å². The van der Waals surface area contributed by atoms with Crippen LogP contribution in [0.25, 0.3) is 20.8 Å². The van der Waals surface area contributed by atoms with Crippen molar-refractivity contribution in [3.05, 3.63) is 41.8 Å². The summed E-state index contributed by atoms with van der Waals surface area (Å²) in [5.74, 6) is 0. The van der Waals surface area contributed by atoms with Crippen molar-refractivity contribution in [2.75, 3.05) is 18.0 Å².